The molecule has 0 N–H and O–H groups in total. The second-order valence-electron chi connectivity index (χ2n) is 3.56. The van der Waals surface area contributed by atoms with Crippen LogP contribution in [0, 0.1) is 17.1 Å². The van der Waals surface area contributed by atoms with Crippen LogP contribution in [0.3, 0.4) is 0 Å². The Morgan fingerprint density at radius 3 is 3.00 bits per heavy atom. The first-order chi connectivity index (χ1) is 8.19. The zero-order valence-corrected chi connectivity index (χ0v) is 10.0. The molecule has 5 heteroatoms. The Labute approximate surface area is 103 Å². The number of nitrogens with zero attached hydrogens (tertiary/aromatic N) is 3. The number of halogens is 1. The van der Waals surface area contributed by atoms with Crippen molar-refractivity contribution in [1.29, 1.82) is 5.26 Å². The third-order valence-electron chi connectivity index (χ3n) is 2.25. The van der Waals surface area contributed by atoms with Crippen LogP contribution in [-0.4, -0.2) is 9.78 Å². The lowest BCUT2D eigenvalue weighted by molar-refractivity contribution is 0.617. The van der Waals surface area contributed by atoms with Crippen molar-refractivity contribution < 1.29 is 4.39 Å². The average Bonchev–Trinajstić information content (AvgIpc) is 2.74. The van der Waals surface area contributed by atoms with Crippen LogP contribution in [0.15, 0.2) is 35.5 Å². The normalized spacial score (nSPS) is 10.2. The van der Waals surface area contributed by atoms with Gasteiger partial charge in [-0.1, -0.05) is 0 Å². The number of hydrogen-bond acceptors (Lipinski definition) is 3. The number of aryl methyl sites for hydroxylation is 1. The van der Waals surface area contributed by atoms with Gasteiger partial charge in [-0.05, 0) is 23.8 Å². The molecule has 0 aliphatic rings. The second kappa shape index (κ2) is 5.02. The summed E-state index contributed by atoms with van der Waals surface area (Å²) in [6.07, 6.45) is 3.60. The van der Waals surface area contributed by atoms with E-state index in [1.165, 1.54) is 23.9 Å². The summed E-state index contributed by atoms with van der Waals surface area (Å²) in [5, 5.41) is 12.8. The molecule has 0 spiro atoms. The van der Waals surface area contributed by atoms with Gasteiger partial charge < -0.3 is 0 Å². The molecular weight excluding hydrogens is 237 g/mol. The fraction of sp³-hybridized carbons (Fsp3) is 0.167. The molecule has 0 radical (unpaired) electrons. The number of hydrogen-bond donors (Lipinski definition) is 0. The first-order valence-corrected chi connectivity index (χ1v) is 5.97. The molecule has 0 aliphatic carbocycles. The SMILES string of the molecule is Cn1cc(SCc2cc(C#N)ccc2F)cn1. The summed E-state index contributed by atoms with van der Waals surface area (Å²) >= 11 is 1.49. The molecule has 1 aromatic heterocycles. The average molecular weight is 247 g/mol. The first-order valence-electron chi connectivity index (χ1n) is 4.99. The zero-order valence-electron chi connectivity index (χ0n) is 9.22. The highest BCUT2D eigenvalue weighted by atomic mass is 32.2. The van der Waals surface area contributed by atoms with E-state index in [1.54, 1.807) is 16.9 Å². The summed E-state index contributed by atoms with van der Waals surface area (Å²) in [7, 11) is 1.83. The van der Waals surface area contributed by atoms with Gasteiger partial charge in [0.1, 0.15) is 5.82 Å². The molecule has 0 saturated heterocycles. The molecule has 17 heavy (non-hydrogen) atoms. The quantitative estimate of drug-likeness (QED) is 0.783. The number of aromatic nitrogens is 2. The maximum atomic E-state index is 13.5. The molecule has 0 saturated carbocycles. The van der Waals surface area contributed by atoms with Crippen LogP contribution < -0.4 is 0 Å². The van der Waals surface area contributed by atoms with Crippen molar-refractivity contribution in [2.75, 3.05) is 0 Å². The fourth-order valence-corrected chi connectivity index (χ4v) is 2.28. The van der Waals surface area contributed by atoms with Crippen molar-refractivity contribution in [2.45, 2.75) is 10.6 Å². The van der Waals surface area contributed by atoms with E-state index in [1.807, 2.05) is 19.3 Å². The Morgan fingerprint density at radius 1 is 1.53 bits per heavy atom. The Balaban J connectivity index is 2.11. The van der Waals surface area contributed by atoms with Crippen LogP contribution >= 0.6 is 11.8 Å². The maximum Gasteiger partial charge on any atom is 0.127 e. The number of thioether (sulfide) groups is 1. The smallest absolute Gasteiger partial charge is 0.127 e. The molecule has 0 atom stereocenters. The maximum absolute atomic E-state index is 13.5. The van der Waals surface area contributed by atoms with Crippen LogP contribution in [0.1, 0.15) is 11.1 Å². The van der Waals surface area contributed by atoms with Crippen molar-refractivity contribution in [3.63, 3.8) is 0 Å². The summed E-state index contributed by atoms with van der Waals surface area (Å²) in [5.41, 5.74) is 1.02. The standard InChI is InChI=1S/C12H10FN3S/c1-16-7-11(6-15-16)17-8-10-4-9(5-14)2-3-12(10)13/h2-4,6-7H,8H2,1H3. The van der Waals surface area contributed by atoms with E-state index in [0.29, 0.717) is 16.9 Å². The molecule has 1 aromatic carbocycles. The molecule has 0 bridgehead atoms. The Bertz CT molecular complexity index is 571. The number of nitriles is 1. The molecule has 0 unspecified atom stereocenters. The summed E-state index contributed by atoms with van der Waals surface area (Å²) in [6, 6.07) is 6.40. The highest BCUT2D eigenvalue weighted by molar-refractivity contribution is 7.98. The van der Waals surface area contributed by atoms with Gasteiger partial charge in [0.2, 0.25) is 0 Å². The van der Waals surface area contributed by atoms with Crippen LogP contribution in [0.2, 0.25) is 0 Å². The van der Waals surface area contributed by atoms with E-state index >= 15 is 0 Å². The number of rotatable bonds is 3. The summed E-state index contributed by atoms with van der Waals surface area (Å²) in [4.78, 5) is 0.981. The molecule has 0 aliphatic heterocycles. The Kier molecular flexibility index (Phi) is 3.45. The van der Waals surface area contributed by atoms with Gasteiger partial charge in [0.05, 0.1) is 17.8 Å². The summed E-state index contributed by atoms with van der Waals surface area (Å²) < 4.78 is 15.2. The minimum Gasteiger partial charge on any atom is -0.275 e. The van der Waals surface area contributed by atoms with Crippen LogP contribution in [0.4, 0.5) is 4.39 Å². The molecule has 86 valence electrons. The minimum absolute atomic E-state index is 0.277. The number of benzene rings is 1. The molecule has 0 fully saturated rings. The van der Waals surface area contributed by atoms with Crippen LogP contribution in [0.5, 0.6) is 0 Å². The van der Waals surface area contributed by atoms with Crippen molar-refractivity contribution in [3.8, 4) is 6.07 Å². The summed E-state index contributed by atoms with van der Waals surface area (Å²) in [6.45, 7) is 0. The minimum atomic E-state index is -0.277. The van der Waals surface area contributed by atoms with Gasteiger partial charge in [-0.25, -0.2) is 4.39 Å². The van der Waals surface area contributed by atoms with Gasteiger partial charge in [-0.15, -0.1) is 11.8 Å². The topological polar surface area (TPSA) is 41.6 Å². The van der Waals surface area contributed by atoms with Crippen molar-refractivity contribution in [3.05, 3.63) is 47.5 Å². The van der Waals surface area contributed by atoms with Gasteiger partial charge >= 0.3 is 0 Å². The largest absolute Gasteiger partial charge is 0.275 e. The van der Waals surface area contributed by atoms with Crippen molar-refractivity contribution in [1.82, 2.24) is 9.78 Å². The highest BCUT2D eigenvalue weighted by Gasteiger charge is 2.05. The van der Waals surface area contributed by atoms with Crippen molar-refractivity contribution >= 4 is 11.8 Å². The molecular formula is C12H10FN3S. The monoisotopic (exact) mass is 247 g/mol. The predicted octanol–water partition coefficient (Wildman–Crippen LogP) is 2.72. The fourth-order valence-electron chi connectivity index (χ4n) is 1.39. The lowest BCUT2D eigenvalue weighted by Crippen LogP contribution is -1.89. The predicted molar refractivity (Wildman–Crippen MR) is 63.9 cm³/mol. The lowest BCUT2D eigenvalue weighted by atomic mass is 10.1. The van der Waals surface area contributed by atoms with E-state index in [9.17, 15) is 4.39 Å². The highest BCUT2D eigenvalue weighted by Crippen LogP contribution is 2.23. The summed E-state index contributed by atoms with van der Waals surface area (Å²) in [5.74, 6) is 0.216. The van der Waals surface area contributed by atoms with E-state index in [-0.39, 0.29) is 5.82 Å². The van der Waals surface area contributed by atoms with Gasteiger partial charge in [-0.3, -0.25) is 4.68 Å². The van der Waals surface area contributed by atoms with Crippen molar-refractivity contribution in [2.24, 2.45) is 7.05 Å². The molecule has 0 amide bonds. The third-order valence-corrected chi connectivity index (χ3v) is 3.25. The molecule has 1 heterocycles. The van der Waals surface area contributed by atoms with Crippen LogP contribution in [0.25, 0.3) is 0 Å². The second-order valence-corrected chi connectivity index (χ2v) is 4.61. The third kappa shape index (κ3) is 2.86. The van der Waals surface area contributed by atoms with Gasteiger partial charge in [0.25, 0.3) is 0 Å². The Morgan fingerprint density at radius 2 is 2.35 bits per heavy atom. The van der Waals surface area contributed by atoms with Gasteiger partial charge in [-0.2, -0.15) is 10.4 Å². The van der Waals surface area contributed by atoms with E-state index in [2.05, 4.69) is 5.10 Å². The van der Waals surface area contributed by atoms with E-state index in [0.717, 1.165) is 4.90 Å². The van der Waals surface area contributed by atoms with Gasteiger partial charge in [0.15, 0.2) is 0 Å². The zero-order chi connectivity index (χ0) is 12.3. The molecule has 3 nitrogen and oxygen atoms in total. The lowest BCUT2D eigenvalue weighted by Gasteiger charge is -2.02. The van der Waals surface area contributed by atoms with Gasteiger partial charge in [0, 0.05) is 23.9 Å². The van der Waals surface area contributed by atoms with Crippen LogP contribution in [-0.2, 0) is 12.8 Å². The van der Waals surface area contributed by atoms with E-state index in [4.69, 9.17) is 5.26 Å². The van der Waals surface area contributed by atoms with E-state index < -0.39 is 0 Å². The molecule has 2 rings (SSSR count). The molecule has 2 aromatic rings. The first kappa shape index (κ1) is 11.7. The Hall–Kier alpha value is -1.80.